The summed E-state index contributed by atoms with van der Waals surface area (Å²) >= 11 is 1.88. The fourth-order valence-corrected chi connectivity index (χ4v) is 3.80. The highest BCUT2D eigenvalue weighted by molar-refractivity contribution is 7.10. The molecule has 4 rings (SSSR count). The number of pyridine rings is 1. The molecule has 18 heavy (non-hydrogen) atoms. The summed E-state index contributed by atoms with van der Waals surface area (Å²) in [4.78, 5) is 13.8. The van der Waals surface area contributed by atoms with Gasteiger partial charge in [0.15, 0.2) is 0 Å². The minimum Gasteiger partial charge on any atom is -0.340 e. The Morgan fingerprint density at radius 2 is 2.33 bits per heavy atom. The molecule has 0 aromatic carbocycles. The molecular formula is C14H13N3S. The fourth-order valence-electron chi connectivity index (χ4n) is 2.81. The van der Waals surface area contributed by atoms with Crippen LogP contribution in [0.5, 0.6) is 0 Å². The van der Waals surface area contributed by atoms with Gasteiger partial charge in [0, 0.05) is 17.0 Å². The molecule has 90 valence electrons. The van der Waals surface area contributed by atoms with Gasteiger partial charge in [-0.3, -0.25) is 4.98 Å². The van der Waals surface area contributed by atoms with E-state index in [9.17, 15) is 0 Å². The molecule has 0 amide bonds. The summed E-state index contributed by atoms with van der Waals surface area (Å²) in [5.41, 5.74) is 3.52. The lowest BCUT2D eigenvalue weighted by atomic mass is 9.87. The van der Waals surface area contributed by atoms with Gasteiger partial charge in [0.05, 0.1) is 17.2 Å². The highest BCUT2D eigenvalue weighted by Gasteiger charge is 2.25. The first-order chi connectivity index (χ1) is 8.92. The Labute approximate surface area is 109 Å². The minimum absolute atomic E-state index is 0.437. The lowest BCUT2D eigenvalue weighted by molar-refractivity contribution is 0.604. The molecule has 3 aromatic rings. The third-order valence-electron chi connectivity index (χ3n) is 3.68. The molecule has 3 nitrogen and oxygen atoms in total. The molecule has 0 aliphatic heterocycles. The first-order valence-corrected chi connectivity index (χ1v) is 7.15. The number of rotatable bonds is 1. The van der Waals surface area contributed by atoms with Gasteiger partial charge < -0.3 is 4.98 Å². The second kappa shape index (κ2) is 3.92. The second-order valence-corrected chi connectivity index (χ2v) is 5.76. The summed E-state index contributed by atoms with van der Waals surface area (Å²) in [7, 11) is 0. The van der Waals surface area contributed by atoms with Crippen molar-refractivity contribution in [3.63, 3.8) is 0 Å². The standard InChI is InChI=1S/C14H13N3S/c1-2-10(9-5-7-18-13(9)3-1)14-16-11-4-6-15-8-12(11)17-14/h4-8,10H,1-3H2,(H,16,17). The molecule has 0 fully saturated rings. The minimum atomic E-state index is 0.437. The molecule has 0 saturated carbocycles. The topological polar surface area (TPSA) is 41.6 Å². The molecule has 0 radical (unpaired) electrons. The fraction of sp³-hybridized carbons (Fsp3) is 0.286. The molecule has 1 aliphatic rings. The van der Waals surface area contributed by atoms with Gasteiger partial charge >= 0.3 is 0 Å². The van der Waals surface area contributed by atoms with Crippen LogP contribution in [0.15, 0.2) is 29.9 Å². The monoisotopic (exact) mass is 255 g/mol. The van der Waals surface area contributed by atoms with E-state index in [1.54, 1.807) is 6.20 Å². The molecule has 1 aliphatic carbocycles. The largest absolute Gasteiger partial charge is 0.340 e. The number of hydrogen-bond acceptors (Lipinski definition) is 3. The molecule has 0 bridgehead atoms. The van der Waals surface area contributed by atoms with Crippen LogP contribution in [0.4, 0.5) is 0 Å². The maximum absolute atomic E-state index is 4.72. The van der Waals surface area contributed by atoms with Crippen LogP contribution in [0.1, 0.15) is 35.0 Å². The van der Waals surface area contributed by atoms with Gasteiger partial charge in [-0.05, 0) is 42.3 Å². The first kappa shape index (κ1) is 10.3. The van der Waals surface area contributed by atoms with Gasteiger partial charge in [0.2, 0.25) is 0 Å². The average Bonchev–Trinajstić information content (AvgIpc) is 3.04. The molecule has 0 spiro atoms. The maximum Gasteiger partial charge on any atom is 0.114 e. The predicted octanol–water partition coefficient (Wildman–Crippen LogP) is 3.49. The van der Waals surface area contributed by atoms with Crippen LogP contribution in [0.3, 0.4) is 0 Å². The van der Waals surface area contributed by atoms with Crippen LogP contribution in [-0.4, -0.2) is 15.0 Å². The number of fused-ring (bicyclic) bond motifs is 2. The van der Waals surface area contributed by atoms with Crippen molar-refractivity contribution >= 4 is 22.4 Å². The van der Waals surface area contributed by atoms with Crippen LogP contribution in [0, 0.1) is 0 Å². The third kappa shape index (κ3) is 1.49. The van der Waals surface area contributed by atoms with Gasteiger partial charge in [-0.25, -0.2) is 4.98 Å². The molecule has 0 saturated heterocycles. The Morgan fingerprint density at radius 1 is 1.33 bits per heavy atom. The van der Waals surface area contributed by atoms with E-state index in [2.05, 4.69) is 21.4 Å². The lowest BCUT2D eigenvalue weighted by Gasteiger charge is -2.20. The average molecular weight is 255 g/mol. The molecular weight excluding hydrogens is 242 g/mol. The van der Waals surface area contributed by atoms with Gasteiger partial charge in [-0.2, -0.15) is 0 Å². The van der Waals surface area contributed by atoms with Crippen molar-refractivity contribution in [2.45, 2.75) is 25.2 Å². The van der Waals surface area contributed by atoms with E-state index in [0.29, 0.717) is 5.92 Å². The number of H-pyrrole nitrogens is 1. The number of aromatic amines is 1. The van der Waals surface area contributed by atoms with Crippen molar-refractivity contribution in [3.8, 4) is 0 Å². The SMILES string of the molecule is c1cc2nc(C3CCCc4sccc43)[nH]c2cn1. The molecule has 4 heteroatoms. The van der Waals surface area contributed by atoms with Crippen LogP contribution in [0.25, 0.3) is 11.0 Å². The van der Waals surface area contributed by atoms with Crippen LogP contribution in [-0.2, 0) is 6.42 Å². The van der Waals surface area contributed by atoms with E-state index in [1.165, 1.54) is 29.7 Å². The zero-order valence-electron chi connectivity index (χ0n) is 9.89. The summed E-state index contributed by atoms with van der Waals surface area (Å²) in [6, 6.07) is 4.22. The molecule has 1 unspecified atom stereocenters. The van der Waals surface area contributed by atoms with Gasteiger partial charge in [0.1, 0.15) is 5.82 Å². The Kier molecular flexibility index (Phi) is 2.23. The van der Waals surface area contributed by atoms with Gasteiger partial charge in [0.25, 0.3) is 0 Å². The van der Waals surface area contributed by atoms with E-state index in [0.717, 1.165) is 16.9 Å². The van der Waals surface area contributed by atoms with E-state index < -0.39 is 0 Å². The normalized spacial score (nSPS) is 19.0. The number of aromatic nitrogens is 3. The highest BCUT2D eigenvalue weighted by atomic mass is 32.1. The molecule has 3 aromatic heterocycles. The summed E-state index contributed by atoms with van der Waals surface area (Å²) < 4.78 is 0. The summed E-state index contributed by atoms with van der Waals surface area (Å²) in [5.74, 6) is 1.53. The number of nitrogens with one attached hydrogen (secondary N) is 1. The Hall–Kier alpha value is -1.68. The zero-order valence-corrected chi connectivity index (χ0v) is 10.7. The summed E-state index contributed by atoms with van der Waals surface area (Å²) in [6.45, 7) is 0. The number of thiophene rings is 1. The van der Waals surface area contributed by atoms with E-state index in [1.807, 2.05) is 23.6 Å². The zero-order chi connectivity index (χ0) is 11.9. The number of imidazole rings is 1. The Balaban J connectivity index is 1.84. The Morgan fingerprint density at radius 3 is 3.28 bits per heavy atom. The number of nitrogens with zero attached hydrogens (tertiary/aromatic N) is 2. The van der Waals surface area contributed by atoms with Crippen molar-refractivity contribution in [1.29, 1.82) is 0 Å². The summed E-state index contributed by atoms with van der Waals surface area (Å²) in [5, 5.41) is 2.20. The summed E-state index contributed by atoms with van der Waals surface area (Å²) in [6.07, 6.45) is 7.32. The smallest absolute Gasteiger partial charge is 0.114 e. The first-order valence-electron chi connectivity index (χ1n) is 6.28. The van der Waals surface area contributed by atoms with Crippen molar-refractivity contribution in [2.24, 2.45) is 0 Å². The lowest BCUT2D eigenvalue weighted by Crippen LogP contribution is -2.09. The van der Waals surface area contributed by atoms with Gasteiger partial charge in [-0.15, -0.1) is 11.3 Å². The van der Waals surface area contributed by atoms with E-state index >= 15 is 0 Å². The number of hydrogen-bond donors (Lipinski definition) is 1. The highest BCUT2D eigenvalue weighted by Crippen LogP contribution is 2.38. The predicted molar refractivity (Wildman–Crippen MR) is 73.0 cm³/mol. The maximum atomic E-state index is 4.72. The number of aryl methyl sites for hydroxylation is 1. The van der Waals surface area contributed by atoms with Crippen molar-refractivity contribution in [1.82, 2.24) is 15.0 Å². The molecule has 3 heterocycles. The second-order valence-electron chi connectivity index (χ2n) is 4.76. The van der Waals surface area contributed by atoms with E-state index in [-0.39, 0.29) is 0 Å². The van der Waals surface area contributed by atoms with Gasteiger partial charge in [-0.1, -0.05) is 0 Å². The third-order valence-corrected chi connectivity index (χ3v) is 4.68. The molecule has 1 atom stereocenters. The van der Waals surface area contributed by atoms with Crippen molar-refractivity contribution in [2.75, 3.05) is 0 Å². The van der Waals surface area contributed by atoms with E-state index in [4.69, 9.17) is 4.98 Å². The van der Waals surface area contributed by atoms with Crippen molar-refractivity contribution in [3.05, 3.63) is 46.2 Å². The van der Waals surface area contributed by atoms with Crippen LogP contribution in [0.2, 0.25) is 0 Å². The molecule has 1 N–H and O–H groups in total. The quantitative estimate of drug-likeness (QED) is 0.723. The van der Waals surface area contributed by atoms with Crippen LogP contribution < -0.4 is 0 Å². The van der Waals surface area contributed by atoms with Crippen molar-refractivity contribution < 1.29 is 0 Å². The Bertz CT molecular complexity index is 665. The van der Waals surface area contributed by atoms with Crippen LogP contribution >= 0.6 is 11.3 Å².